The van der Waals surface area contributed by atoms with Crippen molar-refractivity contribution >= 4 is 11.9 Å². The number of benzene rings is 2. The summed E-state index contributed by atoms with van der Waals surface area (Å²) in [5.41, 5.74) is 0.867. The van der Waals surface area contributed by atoms with Crippen LogP contribution < -0.4 is 0 Å². The molecule has 1 aliphatic heterocycles. The molecule has 1 saturated heterocycles. The second-order valence-electron chi connectivity index (χ2n) is 12.3. The SMILES string of the molecule is Cc1ccc(C(F)(F)F)cc1CN(CO)C(=O)[C@@]1(C(C)C)CCC(N2CC[C@H](c3cccc(C(=O)O)c3)[C@@H](C)C2)C1. The van der Waals surface area contributed by atoms with Crippen molar-refractivity contribution in [2.24, 2.45) is 17.3 Å². The van der Waals surface area contributed by atoms with E-state index in [0.717, 1.165) is 43.6 Å². The van der Waals surface area contributed by atoms with Crippen LogP contribution in [0.1, 0.15) is 85.0 Å². The zero-order valence-corrected chi connectivity index (χ0v) is 24.2. The van der Waals surface area contributed by atoms with Crippen LogP contribution in [0, 0.1) is 24.2 Å². The topological polar surface area (TPSA) is 81.1 Å². The minimum absolute atomic E-state index is 0.00891. The van der Waals surface area contributed by atoms with Crippen molar-refractivity contribution in [2.45, 2.75) is 78.1 Å². The largest absolute Gasteiger partial charge is 0.478 e. The summed E-state index contributed by atoms with van der Waals surface area (Å²) in [5, 5.41) is 19.6. The first kappa shape index (κ1) is 31.0. The molecule has 1 amide bonds. The first-order valence-corrected chi connectivity index (χ1v) is 14.4. The molecule has 0 radical (unpaired) electrons. The molecule has 0 aromatic heterocycles. The number of aliphatic hydroxyl groups is 1. The zero-order chi connectivity index (χ0) is 30.1. The molecule has 2 aromatic rings. The van der Waals surface area contributed by atoms with Gasteiger partial charge in [-0.15, -0.1) is 0 Å². The van der Waals surface area contributed by atoms with Gasteiger partial charge in [-0.3, -0.25) is 4.79 Å². The summed E-state index contributed by atoms with van der Waals surface area (Å²) < 4.78 is 40.0. The number of likely N-dealkylation sites (tertiary alicyclic amines) is 1. The van der Waals surface area contributed by atoms with Crippen molar-refractivity contribution in [3.8, 4) is 0 Å². The highest BCUT2D eigenvalue weighted by atomic mass is 19.4. The Morgan fingerprint density at radius 1 is 1.15 bits per heavy atom. The van der Waals surface area contributed by atoms with Crippen molar-refractivity contribution in [3.63, 3.8) is 0 Å². The van der Waals surface area contributed by atoms with Gasteiger partial charge >= 0.3 is 12.1 Å². The molecule has 6 nitrogen and oxygen atoms in total. The van der Waals surface area contributed by atoms with Gasteiger partial charge in [0, 0.05) is 19.1 Å². The predicted molar refractivity (Wildman–Crippen MR) is 150 cm³/mol. The van der Waals surface area contributed by atoms with Crippen LogP contribution in [0.3, 0.4) is 0 Å². The molecule has 1 aliphatic carbocycles. The summed E-state index contributed by atoms with van der Waals surface area (Å²) in [4.78, 5) is 29.2. The second-order valence-corrected chi connectivity index (χ2v) is 12.3. The van der Waals surface area contributed by atoms with Crippen molar-refractivity contribution in [1.29, 1.82) is 0 Å². The number of carboxylic acids is 1. The fourth-order valence-corrected chi connectivity index (χ4v) is 6.96. The molecule has 9 heteroatoms. The predicted octanol–water partition coefficient (Wildman–Crippen LogP) is 6.31. The van der Waals surface area contributed by atoms with E-state index in [1.165, 1.54) is 11.0 Å². The molecule has 0 spiro atoms. The minimum Gasteiger partial charge on any atom is -0.478 e. The molecule has 1 saturated carbocycles. The van der Waals surface area contributed by atoms with Gasteiger partial charge in [0.25, 0.3) is 0 Å². The number of aryl methyl sites for hydroxylation is 1. The summed E-state index contributed by atoms with van der Waals surface area (Å²) in [6.07, 6.45) is -1.48. The average molecular weight is 575 g/mol. The van der Waals surface area contributed by atoms with Crippen LogP contribution in [0.4, 0.5) is 13.2 Å². The second kappa shape index (κ2) is 12.1. The van der Waals surface area contributed by atoms with Gasteiger partial charge in [-0.05, 0) is 97.9 Å². The maximum absolute atomic E-state index is 14.0. The van der Waals surface area contributed by atoms with Gasteiger partial charge < -0.3 is 20.0 Å². The van der Waals surface area contributed by atoms with Gasteiger partial charge in [0.15, 0.2) is 0 Å². The van der Waals surface area contributed by atoms with Crippen LogP contribution in [-0.4, -0.2) is 57.8 Å². The Bertz CT molecular complexity index is 1260. The number of halogens is 3. The van der Waals surface area contributed by atoms with E-state index in [1.807, 2.05) is 19.9 Å². The molecule has 2 N–H and O–H groups in total. The molecule has 2 aromatic carbocycles. The van der Waals surface area contributed by atoms with Gasteiger partial charge in [0.05, 0.1) is 16.5 Å². The Kier molecular flexibility index (Phi) is 9.19. The molecule has 2 aliphatic rings. The summed E-state index contributed by atoms with van der Waals surface area (Å²) in [5.74, 6) is -0.592. The summed E-state index contributed by atoms with van der Waals surface area (Å²) in [6.45, 7) is 8.94. The number of amides is 1. The van der Waals surface area contributed by atoms with E-state index in [9.17, 15) is 33.0 Å². The van der Waals surface area contributed by atoms with Gasteiger partial charge in [0.1, 0.15) is 6.73 Å². The lowest BCUT2D eigenvalue weighted by molar-refractivity contribution is -0.149. The maximum Gasteiger partial charge on any atom is 0.416 e. The van der Waals surface area contributed by atoms with Gasteiger partial charge in [-0.25, -0.2) is 4.79 Å². The monoisotopic (exact) mass is 574 g/mol. The van der Waals surface area contributed by atoms with Gasteiger partial charge in [-0.2, -0.15) is 13.2 Å². The average Bonchev–Trinajstić information content (AvgIpc) is 3.39. The van der Waals surface area contributed by atoms with Crippen LogP contribution in [0.15, 0.2) is 42.5 Å². The number of hydrogen-bond acceptors (Lipinski definition) is 4. The van der Waals surface area contributed by atoms with Crippen LogP contribution in [0.2, 0.25) is 0 Å². The number of carbonyl (C=O) groups is 2. The fourth-order valence-electron chi connectivity index (χ4n) is 6.96. The number of piperidine rings is 1. The van der Waals surface area contributed by atoms with Crippen LogP contribution in [-0.2, 0) is 17.5 Å². The van der Waals surface area contributed by atoms with Crippen molar-refractivity contribution in [3.05, 3.63) is 70.3 Å². The Morgan fingerprint density at radius 3 is 2.49 bits per heavy atom. The van der Waals surface area contributed by atoms with Crippen LogP contribution >= 0.6 is 0 Å². The Morgan fingerprint density at radius 2 is 1.88 bits per heavy atom. The molecule has 4 atom stereocenters. The normalized spacial score (nSPS) is 25.4. The molecular weight excluding hydrogens is 533 g/mol. The Hall–Kier alpha value is -2.91. The number of alkyl halides is 3. The number of aliphatic hydroxyl groups excluding tert-OH is 1. The van der Waals surface area contributed by atoms with Crippen molar-refractivity contribution in [2.75, 3.05) is 19.8 Å². The third-order valence-corrected chi connectivity index (χ3v) is 9.57. The maximum atomic E-state index is 14.0. The van der Waals surface area contributed by atoms with Gasteiger partial charge in [0.2, 0.25) is 5.91 Å². The highest BCUT2D eigenvalue weighted by Crippen LogP contribution is 2.49. The van der Waals surface area contributed by atoms with E-state index in [1.54, 1.807) is 25.1 Å². The molecule has 41 heavy (non-hydrogen) atoms. The van der Waals surface area contributed by atoms with Crippen molar-refractivity contribution in [1.82, 2.24) is 9.80 Å². The standard InChI is InChI=1S/C32H41F3N2O4/c1-20(2)31(30(41)37(19-38)18-25-15-26(32(33,34)35)9-8-21(25)3)12-10-27(16-31)36-13-11-28(22(4)17-36)23-6-5-7-24(14-23)29(39)40/h5-9,14-15,20,22,27-28,38H,10-13,16-19H2,1-4H3,(H,39,40)/t22-,27?,28-,31-/m0/s1. The smallest absolute Gasteiger partial charge is 0.416 e. The Balaban J connectivity index is 1.48. The van der Waals surface area contributed by atoms with Gasteiger partial charge in [-0.1, -0.05) is 39.0 Å². The summed E-state index contributed by atoms with van der Waals surface area (Å²) in [6, 6.07) is 10.9. The van der Waals surface area contributed by atoms with E-state index >= 15 is 0 Å². The summed E-state index contributed by atoms with van der Waals surface area (Å²) in [7, 11) is 0. The lowest BCUT2D eigenvalue weighted by Gasteiger charge is -2.42. The third-order valence-electron chi connectivity index (χ3n) is 9.57. The first-order chi connectivity index (χ1) is 19.3. The van der Waals surface area contributed by atoms with E-state index in [2.05, 4.69) is 11.8 Å². The quantitative estimate of drug-likeness (QED) is 0.361. The van der Waals surface area contributed by atoms with E-state index in [-0.39, 0.29) is 30.3 Å². The third kappa shape index (κ3) is 6.46. The lowest BCUT2D eigenvalue weighted by Crippen LogP contribution is -2.48. The number of nitrogens with zero attached hydrogens (tertiary/aromatic N) is 2. The molecule has 224 valence electrons. The summed E-state index contributed by atoms with van der Waals surface area (Å²) >= 11 is 0. The van der Waals surface area contributed by atoms with E-state index in [0.29, 0.717) is 35.4 Å². The Labute approximate surface area is 240 Å². The molecule has 0 bridgehead atoms. The highest BCUT2D eigenvalue weighted by molar-refractivity contribution is 5.87. The molecule has 1 unspecified atom stereocenters. The number of rotatable bonds is 8. The molecule has 2 fully saturated rings. The number of aromatic carboxylic acids is 1. The molecular formula is C32H41F3N2O4. The first-order valence-electron chi connectivity index (χ1n) is 14.4. The fraction of sp³-hybridized carbons (Fsp3) is 0.562. The number of carbonyl (C=O) groups excluding carboxylic acids is 1. The number of hydrogen-bond donors (Lipinski definition) is 2. The number of carboxylic acid groups (broad SMARTS) is 1. The lowest BCUT2D eigenvalue weighted by atomic mass is 9.74. The highest BCUT2D eigenvalue weighted by Gasteiger charge is 2.51. The van der Waals surface area contributed by atoms with E-state index in [4.69, 9.17) is 0 Å². The van der Waals surface area contributed by atoms with Crippen LogP contribution in [0.5, 0.6) is 0 Å². The molecule has 1 heterocycles. The van der Waals surface area contributed by atoms with E-state index < -0.39 is 29.9 Å². The molecule has 4 rings (SSSR count). The van der Waals surface area contributed by atoms with Crippen LogP contribution in [0.25, 0.3) is 0 Å². The van der Waals surface area contributed by atoms with Crippen molar-refractivity contribution < 1.29 is 33.0 Å². The minimum atomic E-state index is -4.49. The zero-order valence-electron chi connectivity index (χ0n) is 24.2.